The van der Waals surface area contributed by atoms with Gasteiger partial charge >= 0.3 is 0 Å². The first-order valence-electron chi connectivity index (χ1n) is 5.13. The fourth-order valence-corrected chi connectivity index (χ4v) is 2.97. The predicted molar refractivity (Wildman–Crippen MR) is 57.0 cm³/mol. The molecular weight excluding hydrogens is 232 g/mol. The Morgan fingerprint density at radius 3 is 2.15 bits per heavy atom. The van der Waals surface area contributed by atoms with Crippen LogP contribution in [0, 0.1) is 5.92 Å². The highest BCUT2D eigenvalue weighted by atomic mass is 79.9. The lowest BCUT2D eigenvalue weighted by atomic mass is 9.84. The first-order chi connectivity index (χ1) is 6.13. The average molecular weight is 251 g/mol. The third-order valence-corrected chi connectivity index (χ3v) is 4.21. The molecule has 1 aliphatic carbocycles. The monoisotopic (exact) mass is 250 g/mol. The summed E-state index contributed by atoms with van der Waals surface area (Å²) in [6.45, 7) is 1.64. The maximum atomic E-state index is 9.65. The van der Waals surface area contributed by atoms with Gasteiger partial charge in [-0.3, -0.25) is 0 Å². The summed E-state index contributed by atoms with van der Waals surface area (Å²) in [6, 6.07) is 0. The molecule has 0 heterocycles. The number of halogens is 1. The van der Waals surface area contributed by atoms with Crippen LogP contribution in [0.3, 0.4) is 0 Å². The average Bonchev–Trinajstić information content (AvgIpc) is 2.17. The fraction of sp³-hybridized carbons (Fsp3) is 1.00. The van der Waals surface area contributed by atoms with Gasteiger partial charge in [-0.25, -0.2) is 0 Å². The third-order valence-electron chi connectivity index (χ3n) is 2.92. The Balaban J connectivity index is 2.40. The van der Waals surface area contributed by atoms with E-state index in [9.17, 15) is 10.2 Å². The topological polar surface area (TPSA) is 40.5 Å². The molecule has 0 amide bonds. The molecule has 1 rings (SSSR count). The van der Waals surface area contributed by atoms with E-state index in [1.807, 2.05) is 0 Å². The van der Waals surface area contributed by atoms with Crippen LogP contribution in [-0.4, -0.2) is 27.2 Å². The van der Waals surface area contributed by atoms with E-state index < -0.39 is 12.2 Å². The zero-order chi connectivity index (χ0) is 9.84. The molecule has 1 aliphatic rings. The first-order valence-corrected chi connectivity index (χ1v) is 6.04. The van der Waals surface area contributed by atoms with E-state index in [0.29, 0.717) is 5.92 Å². The Hall–Kier alpha value is 0.400. The predicted octanol–water partition coefficient (Wildman–Crippen LogP) is 2.07. The lowest BCUT2D eigenvalue weighted by molar-refractivity contribution is 0.0188. The van der Waals surface area contributed by atoms with E-state index in [1.165, 1.54) is 32.1 Å². The van der Waals surface area contributed by atoms with Gasteiger partial charge in [-0.2, -0.15) is 0 Å². The van der Waals surface area contributed by atoms with E-state index in [0.717, 1.165) is 0 Å². The normalized spacial score (nSPS) is 26.8. The van der Waals surface area contributed by atoms with Gasteiger partial charge in [-0.05, 0) is 25.7 Å². The molecule has 0 aromatic heterocycles. The molecule has 3 heteroatoms. The van der Waals surface area contributed by atoms with Crippen molar-refractivity contribution in [2.24, 2.45) is 5.92 Å². The Bertz CT molecular complexity index is 144. The summed E-state index contributed by atoms with van der Waals surface area (Å²) in [5.41, 5.74) is 0. The first kappa shape index (κ1) is 11.5. The number of hydrogen-bond acceptors (Lipinski definition) is 2. The molecule has 1 fully saturated rings. The van der Waals surface area contributed by atoms with Crippen molar-refractivity contribution >= 4 is 15.9 Å². The number of hydrogen-bond donors (Lipinski definition) is 2. The highest BCUT2D eigenvalue weighted by Crippen LogP contribution is 2.32. The van der Waals surface area contributed by atoms with E-state index in [4.69, 9.17) is 0 Å². The molecule has 0 unspecified atom stereocenters. The van der Waals surface area contributed by atoms with Crippen LogP contribution in [0.1, 0.15) is 39.0 Å². The van der Waals surface area contributed by atoms with Gasteiger partial charge in [0.25, 0.3) is 0 Å². The molecule has 0 saturated heterocycles. The van der Waals surface area contributed by atoms with Crippen molar-refractivity contribution < 1.29 is 10.2 Å². The van der Waals surface area contributed by atoms with E-state index in [1.54, 1.807) is 6.92 Å². The zero-order valence-electron chi connectivity index (χ0n) is 8.12. The van der Waals surface area contributed by atoms with Crippen LogP contribution in [-0.2, 0) is 0 Å². The van der Waals surface area contributed by atoms with Crippen molar-refractivity contribution in [1.82, 2.24) is 0 Å². The van der Waals surface area contributed by atoms with Crippen molar-refractivity contribution in [3.05, 3.63) is 0 Å². The maximum absolute atomic E-state index is 9.65. The van der Waals surface area contributed by atoms with Crippen molar-refractivity contribution in [1.29, 1.82) is 0 Å². The van der Waals surface area contributed by atoms with Gasteiger partial charge in [0.15, 0.2) is 0 Å². The number of rotatable bonds is 3. The largest absolute Gasteiger partial charge is 0.391 e. The zero-order valence-corrected chi connectivity index (χ0v) is 9.70. The molecule has 2 N–H and O–H groups in total. The Labute approximate surface area is 88.5 Å². The molecule has 2 nitrogen and oxygen atoms in total. The van der Waals surface area contributed by atoms with E-state index in [-0.39, 0.29) is 4.83 Å². The SMILES string of the molecule is C[C@@H](O)[C@H](O)[C@H](Br)C1CCCCC1. The molecule has 1 saturated carbocycles. The summed E-state index contributed by atoms with van der Waals surface area (Å²) < 4.78 is 0. The van der Waals surface area contributed by atoms with Crippen molar-refractivity contribution in [3.8, 4) is 0 Å². The Morgan fingerprint density at radius 2 is 1.69 bits per heavy atom. The summed E-state index contributed by atoms with van der Waals surface area (Å²) in [7, 11) is 0. The summed E-state index contributed by atoms with van der Waals surface area (Å²) in [5.74, 6) is 0.540. The minimum Gasteiger partial charge on any atom is -0.391 e. The quantitative estimate of drug-likeness (QED) is 0.754. The van der Waals surface area contributed by atoms with Gasteiger partial charge in [-0.15, -0.1) is 0 Å². The van der Waals surface area contributed by atoms with Gasteiger partial charge in [-0.1, -0.05) is 35.2 Å². The molecule has 0 spiro atoms. The smallest absolute Gasteiger partial charge is 0.0923 e. The summed E-state index contributed by atoms with van der Waals surface area (Å²) in [6.07, 6.45) is 4.95. The lowest BCUT2D eigenvalue weighted by Gasteiger charge is -2.30. The van der Waals surface area contributed by atoms with Crippen molar-refractivity contribution in [2.45, 2.75) is 56.1 Å². The van der Waals surface area contributed by atoms with Crippen LogP contribution in [0.15, 0.2) is 0 Å². The maximum Gasteiger partial charge on any atom is 0.0923 e. The molecule has 0 aromatic carbocycles. The molecular formula is C10H19BrO2. The third kappa shape index (κ3) is 3.22. The minimum absolute atomic E-state index is 0.0628. The molecule has 0 aliphatic heterocycles. The van der Waals surface area contributed by atoms with Crippen LogP contribution >= 0.6 is 15.9 Å². The summed E-state index contributed by atoms with van der Waals surface area (Å²) >= 11 is 3.50. The van der Waals surface area contributed by atoms with Gasteiger partial charge < -0.3 is 10.2 Å². The van der Waals surface area contributed by atoms with Crippen LogP contribution in [0.25, 0.3) is 0 Å². The van der Waals surface area contributed by atoms with E-state index >= 15 is 0 Å². The van der Waals surface area contributed by atoms with Gasteiger partial charge in [0, 0.05) is 4.83 Å². The number of aliphatic hydroxyl groups is 2. The van der Waals surface area contributed by atoms with Gasteiger partial charge in [0.05, 0.1) is 12.2 Å². The number of aliphatic hydroxyl groups excluding tert-OH is 2. The van der Waals surface area contributed by atoms with Crippen LogP contribution in [0.2, 0.25) is 0 Å². The molecule has 0 radical (unpaired) electrons. The second-order valence-corrected chi connectivity index (χ2v) is 5.13. The molecule has 3 atom stereocenters. The molecule has 0 bridgehead atoms. The molecule has 78 valence electrons. The minimum atomic E-state index is -0.633. The summed E-state index contributed by atoms with van der Waals surface area (Å²) in [5, 5.41) is 18.9. The second-order valence-electron chi connectivity index (χ2n) is 4.07. The summed E-state index contributed by atoms with van der Waals surface area (Å²) in [4.78, 5) is 0.0628. The standard InChI is InChI=1S/C10H19BrO2/c1-7(12)10(13)9(11)8-5-3-2-4-6-8/h7-10,12-13H,2-6H2,1H3/t7-,9-,10+/m1/s1. The Morgan fingerprint density at radius 1 is 1.15 bits per heavy atom. The highest BCUT2D eigenvalue weighted by Gasteiger charge is 2.29. The lowest BCUT2D eigenvalue weighted by Crippen LogP contribution is -2.37. The second kappa shape index (κ2) is 5.32. The Kier molecular flexibility index (Phi) is 4.70. The van der Waals surface area contributed by atoms with Crippen LogP contribution < -0.4 is 0 Å². The molecule has 13 heavy (non-hydrogen) atoms. The fourth-order valence-electron chi connectivity index (χ4n) is 2.00. The van der Waals surface area contributed by atoms with Gasteiger partial charge in [0.1, 0.15) is 0 Å². The van der Waals surface area contributed by atoms with Crippen LogP contribution in [0.5, 0.6) is 0 Å². The van der Waals surface area contributed by atoms with Crippen LogP contribution in [0.4, 0.5) is 0 Å². The van der Waals surface area contributed by atoms with Crippen molar-refractivity contribution in [3.63, 3.8) is 0 Å². The van der Waals surface area contributed by atoms with Gasteiger partial charge in [0.2, 0.25) is 0 Å². The highest BCUT2D eigenvalue weighted by molar-refractivity contribution is 9.09. The van der Waals surface area contributed by atoms with Crippen molar-refractivity contribution in [2.75, 3.05) is 0 Å². The number of alkyl halides is 1. The molecule has 0 aromatic rings. The van der Waals surface area contributed by atoms with E-state index in [2.05, 4.69) is 15.9 Å².